The van der Waals surface area contributed by atoms with Gasteiger partial charge in [-0.1, -0.05) is 27.2 Å². The molecule has 3 heteroatoms. The summed E-state index contributed by atoms with van der Waals surface area (Å²) in [4.78, 5) is 4.41. The molecule has 15 heavy (non-hydrogen) atoms. The lowest BCUT2D eigenvalue weighted by Crippen LogP contribution is -1.95. The monoisotopic (exact) mass is 203 g/mol. The summed E-state index contributed by atoms with van der Waals surface area (Å²) in [6.07, 6.45) is 5.89. The SMILES string of the molecule is CCCc1nccn2nc(C(C)C)cc12. The second-order valence-electron chi connectivity index (χ2n) is 4.18. The van der Waals surface area contributed by atoms with Crippen LogP contribution in [0, 0.1) is 0 Å². The molecule has 2 aromatic heterocycles. The van der Waals surface area contributed by atoms with Crippen molar-refractivity contribution in [1.29, 1.82) is 0 Å². The fourth-order valence-corrected chi connectivity index (χ4v) is 1.71. The second-order valence-corrected chi connectivity index (χ2v) is 4.18. The van der Waals surface area contributed by atoms with Gasteiger partial charge in [0.25, 0.3) is 0 Å². The molecule has 0 saturated heterocycles. The first-order valence-electron chi connectivity index (χ1n) is 5.55. The predicted octanol–water partition coefficient (Wildman–Crippen LogP) is 2.81. The summed E-state index contributed by atoms with van der Waals surface area (Å²) < 4.78 is 1.94. The number of hydrogen-bond donors (Lipinski definition) is 0. The Balaban J connectivity index is 2.54. The van der Waals surface area contributed by atoms with Gasteiger partial charge in [-0.3, -0.25) is 4.98 Å². The Hall–Kier alpha value is -1.38. The molecule has 0 N–H and O–H groups in total. The molecular weight excluding hydrogens is 186 g/mol. The van der Waals surface area contributed by atoms with Crippen LogP contribution in [0.25, 0.3) is 5.52 Å². The van der Waals surface area contributed by atoms with Gasteiger partial charge in [-0.05, 0) is 18.4 Å². The maximum Gasteiger partial charge on any atom is 0.0879 e. The number of aryl methyl sites for hydroxylation is 1. The molecule has 3 nitrogen and oxygen atoms in total. The molecule has 0 bridgehead atoms. The van der Waals surface area contributed by atoms with E-state index in [-0.39, 0.29) is 0 Å². The molecule has 0 aromatic carbocycles. The van der Waals surface area contributed by atoms with E-state index in [1.807, 2.05) is 16.9 Å². The Kier molecular flexibility index (Phi) is 2.71. The summed E-state index contributed by atoms with van der Waals surface area (Å²) in [5.41, 5.74) is 3.45. The van der Waals surface area contributed by atoms with Gasteiger partial charge in [-0.2, -0.15) is 5.10 Å². The van der Waals surface area contributed by atoms with Gasteiger partial charge in [0.2, 0.25) is 0 Å². The zero-order valence-corrected chi connectivity index (χ0v) is 9.57. The molecule has 0 amide bonds. The molecule has 0 spiro atoms. The molecule has 0 unspecified atom stereocenters. The quantitative estimate of drug-likeness (QED) is 0.767. The van der Waals surface area contributed by atoms with Gasteiger partial charge < -0.3 is 0 Å². The van der Waals surface area contributed by atoms with E-state index in [2.05, 4.69) is 36.9 Å². The largest absolute Gasteiger partial charge is 0.257 e. The molecule has 0 saturated carbocycles. The molecule has 0 fully saturated rings. The van der Waals surface area contributed by atoms with E-state index in [9.17, 15) is 0 Å². The summed E-state index contributed by atoms with van der Waals surface area (Å²) in [5, 5.41) is 4.53. The third kappa shape index (κ3) is 1.87. The van der Waals surface area contributed by atoms with Crippen LogP contribution in [-0.2, 0) is 6.42 Å². The first kappa shape index (κ1) is 10.1. The van der Waals surface area contributed by atoms with Gasteiger partial charge in [0.05, 0.1) is 16.9 Å². The number of aromatic nitrogens is 3. The number of fused-ring (bicyclic) bond motifs is 1. The minimum absolute atomic E-state index is 0.472. The molecule has 0 aliphatic rings. The van der Waals surface area contributed by atoms with Gasteiger partial charge in [-0.15, -0.1) is 0 Å². The standard InChI is InChI=1S/C12H17N3/c1-4-5-10-12-8-11(9(2)3)14-15(12)7-6-13-10/h6-9H,4-5H2,1-3H3. The van der Waals surface area contributed by atoms with E-state index in [1.54, 1.807) is 0 Å². The van der Waals surface area contributed by atoms with E-state index < -0.39 is 0 Å². The molecule has 0 aliphatic carbocycles. The zero-order chi connectivity index (χ0) is 10.8. The predicted molar refractivity (Wildman–Crippen MR) is 61.1 cm³/mol. The van der Waals surface area contributed by atoms with Crippen LogP contribution >= 0.6 is 0 Å². The second kappa shape index (κ2) is 4.01. The van der Waals surface area contributed by atoms with Crippen molar-refractivity contribution >= 4 is 5.52 Å². The maximum absolute atomic E-state index is 4.53. The topological polar surface area (TPSA) is 30.2 Å². The van der Waals surface area contributed by atoms with Gasteiger partial charge in [0, 0.05) is 12.4 Å². The Morgan fingerprint density at radius 1 is 1.40 bits per heavy atom. The third-order valence-electron chi connectivity index (χ3n) is 2.57. The summed E-state index contributed by atoms with van der Waals surface area (Å²) in [6, 6.07) is 2.16. The average molecular weight is 203 g/mol. The van der Waals surface area contributed by atoms with Crippen molar-refractivity contribution in [3.05, 3.63) is 29.8 Å². The lowest BCUT2D eigenvalue weighted by Gasteiger charge is -1.99. The number of rotatable bonds is 3. The van der Waals surface area contributed by atoms with Crippen molar-refractivity contribution in [2.24, 2.45) is 0 Å². The molecule has 80 valence electrons. The fourth-order valence-electron chi connectivity index (χ4n) is 1.71. The van der Waals surface area contributed by atoms with E-state index in [1.165, 1.54) is 0 Å². The lowest BCUT2D eigenvalue weighted by molar-refractivity contribution is 0.782. The Morgan fingerprint density at radius 3 is 2.87 bits per heavy atom. The molecular formula is C12H17N3. The third-order valence-corrected chi connectivity index (χ3v) is 2.57. The van der Waals surface area contributed by atoms with E-state index >= 15 is 0 Å². The first-order valence-corrected chi connectivity index (χ1v) is 5.55. The van der Waals surface area contributed by atoms with Crippen LogP contribution in [0.15, 0.2) is 18.5 Å². The smallest absolute Gasteiger partial charge is 0.0879 e. The molecule has 2 heterocycles. The van der Waals surface area contributed by atoms with Crippen LogP contribution in [0.5, 0.6) is 0 Å². The van der Waals surface area contributed by atoms with Gasteiger partial charge in [0.1, 0.15) is 0 Å². The van der Waals surface area contributed by atoms with Crippen LogP contribution in [0.2, 0.25) is 0 Å². The Bertz CT molecular complexity index is 457. The normalized spacial score (nSPS) is 11.5. The maximum atomic E-state index is 4.53. The Labute approximate surface area is 90.1 Å². The molecule has 0 atom stereocenters. The minimum Gasteiger partial charge on any atom is -0.257 e. The highest BCUT2D eigenvalue weighted by Crippen LogP contribution is 2.17. The summed E-state index contributed by atoms with van der Waals surface area (Å²) >= 11 is 0. The zero-order valence-electron chi connectivity index (χ0n) is 9.57. The van der Waals surface area contributed by atoms with Crippen LogP contribution < -0.4 is 0 Å². The minimum atomic E-state index is 0.472. The van der Waals surface area contributed by atoms with E-state index in [0.717, 1.165) is 29.7 Å². The summed E-state index contributed by atoms with van der Waals surface area (Å²) in [6.45, 7) is 6.49. The highest BCUT2D eigenvalue weighted by atomic mass is 15.2. The molecule has 0 radical (unpaired) electrons. The van der Waals surface area contributed by atoms with Crippen LogP contribution in [0.3, 0.4) is 0 Å². The molecule has 0 aliphatic heterocycles. The van der Waals surface area contributed by atoms with Gasteiger partial charge >= 0.3 is 0 Å². The fraction of sp³-hybridized carbons (Fsp3) is 0.500. The van der Waals surface area contributed by atoms with Crippen molar-refractivity contribution in [1.82, 2.24) is 14.6 Å². The number of hydrogen-bond acceptors (Lipinski definition) is 2. The van der Waals surface area contributed by atoms with Gasteiger partial charge in [-0.25, -0.2) is 4.52 Å². The average Bonchev–Trinajstić information content (AvgIpc) is 2.63. The van der Waals surface area contributed by atoms with Crippen LogP contribution in [0.4, 0.5) is 0 Å². The van der Waals surface area contributed by atoms with E-state index in [0.29, 0.717) is 5.92 Å². The highest BCUT2D eigenvalue weighted by molar-refractivity contribution is 5.52. The van der Waals surface area contributed by atoms with Crippen LogP contribution in [-0.4, -0.2) is 14.6 Å². The van der Waals surface area contributed by atoms with Crippen molar-refractivity contribution in [3.63, 3.8) is 0 Å². The summed E-state index contributed by atoms with van der Waals surface area (Å²) in [7, 11) is 0. The molecule has 2 rings (SSSR count). The van der Waals surface area contributed by atoms with E-state index in [4.69, 9.17) is 0 Å². The van der Waals surface area contributed by atoms with Gasteiger partial charge in [0.15, 0.2) is 0 Å². The van der Waals surface area contributed by atoms with Crippen molar-refractivity contribution in [2.75, 3.05) is 0 Å². The molecule has 2 aromatic rings. The van der Waals surface area contributed by atoms with Crippen molar-refractivity contribution in [3.8, 4) is 0 Å². The first-order chi connectivity index (χ1) is 7.22. The van der Waals surface area contributed by atoms with Crippen LogP contribution in [0.1, 0.15) is 44.5 Å². The lowest BCUT2D eigenvalue weighted by atomic mass is 10.1. The van der Waals surface area contributed by atoms with Crippen molar-refractivity contribution in [2.45, 2.75) is 39.5 Å². The highest BCUT2D eigenvalue weighted by Gasteiger charge is 2.08. The van der Waals surface area contributed by atoms with Crippen molar-refractivity contribution < 1.29 is 0 Å². The summed E-state index contributed by atoms with van der Waals surface area (Å²) in [5.74, 6) is 0.472. The number of nitrogens with zero attached hydrogens (tertiary/aromatic N) is 3. The Morgan fingerprint density at radius 2 is 2.20 bits per heavy atom.